The lowest BCUT2D eigenvalue weighted by Crippen LogP contribution is -2.57. The highest BCUT2D eigenvalue weighted by atomic mass is 35.5. The van der Waals surface area contributed by atoms with E-state index in [1.54, 1.807) is 18.3 Å². The first-order chi connectivity index (χ1) is 20.9. The summed E-state index contributed by atoms with van der Waals surface area (Å²) in [6.45, 7) is 10.9. The maximum absolute atomic E-state index is 14.3. The molecule has 0 aromatic heterocycles. The van der Waals surface area contributed by atoms with E-state index >= 15 is 0 Å². The lowest BCUT2D eigenvalue weighted by molar-refractivity contribution is -0.126. The third kappa shape index (κ3) is 9.39. The van der Waals surface area contributed by atoms with Crippen LogP contribution < -0.4 is 16.0 Å². The second-order valence-electron chi connectivity index (χ2n) is 13.7. The second kappa shape index (κ2) is 16.0. The van der Waals surface area contributed by atoms with E-state index in [1.807, 2.05) is 19.1 Å². The van der Waals surface area contributed by atoms with E-state index in [1.165, 1.54) is 0 Å². The summed E-state index contributed by atoms with van der Waals surface area (Å²) in [7, 11) is -1.60. The molecule has 1 aromatic rings. The Kier molecular flexibility index (Phi) is 13.0. The SMILES string of the molecule is CCS(=O)(=O)N1C[C@@H](C)NC[C@@H]1CC[C@H]1CCC[C@@H]1NC(=O)[C@@H](NCCOC)[C@@H](c1ccc(Cl)cc1)C1CCOC(C)(C)C1. The zero-order valence-electron chi connectivity index (χ0n) is 27.3. The monoisotopic (exact) mass is 654 g/mol. The van der Waals surface area contributed by atoms with Gasteiger partial charge in [0.2, 0.25) is 15.9 Å². The van der Waals surface area contributed by atoms with Crippen LogP contribution in [0.1, 0.15) is 84.1 Å². The van der Waals surface area contributed by atoms with Crippen LogP contribution >= 0.6 is 11.6 Å². The van der Waals surface area contributed by atoms with E-state index in [0.717, 1.165) is 50.5 Å². The molecule has 11 heteroatoms. The summed E-state index contributed by atoms with van der Waals surface area (Å²) in [5.74, 6) is 0.647. The lowest BCUT2D eigenvalue weighted by Gasteiger charge is -2.42. The number of piperazine rings is 1. The van der Waals surface area contributed by atoms with Crippen molar-refractivity contribution in [1.82, 2.24) is 20.3 Å². The van der Waals surface area contributed by atoms with Crippen molar-refractivity contribution in [2.45, 2.75) is 108 Å². The molecule has 3 aliphatic rings. The highest BCUT2D eigenvalue weighted by Gasteiger charge is 2.42. The van der Waals surface area contributed by atoms with Gasteiger partial charge in [0.25, 0.3) is 0 Å². The smallest absolute Gasteiger partial charge is 0.238 e. The van der Waals surface area contributed by atoms with Gasteiger partial charge >= 0.3 is 0 Å². The van der Waals surface area contributed by atoms with E-state index in [9.17, 15) is 13.2 Å². The zero-order valence-corrected chi connectivity index (χ0v) is 28.9. The van der Waals surface area contributed by atoms with Crippen molar-refractivity contribution in [3.63, 3.8) is 0 Å². The van der Waals surface area contributed by atoms with Crippen LogP contribution in [-0.4, -0.2) is 94.1 Å². The number of carbonyl (C=O) groups is 1. The minimum absolute atomic E-state index is 0.0191. The topological polar surface area (TPSA) is 109 Å². The summed E-state index contributed by atoms with van der Waals surface area (Å²) in [6.07, 6.45) is 6.45. The van der Waals surface area contributed by atoms with Crippen LogP contribution in [0.5, 0.6) is 0 Å². The van der Waals surface area contributed by atoms with Crippen LogP contribution in [0.2, 0.25) is 5.02 Å². The van der Waals surface area contributed by atoms with E-state index in [0.29, 0.717) is 43.8 Å². The van der Waals surface area contributed by atoms with Crippen LogP contribution in [-0.2, 0) is 24.3 Å². The molecule has 0 radical (unpaired) electrons. The Hall–Kier alpha value is -1.27. The molecule has 2 aliphatic heterocycles. The number of sulfonamides is 1. The fraction of sp³-hybridized carbons (Fsp3) is 0.788. The van der Waals surface area contributed by atoms with Crippen LogP contribution in [0, 0.1) is 11.8 Å². The van der Waals surface area contributed by atoms with Gasteiger partial charge < -0.3 is 25.4 Å². The van der Waals surface area contributed by atoms with Crippen molar-refractivity contribution >= 4 is 27.5 Å². The molecule has 1 saturated carbocycles. The van der Waals surface area contributed by atoms with Crippen molar-refractivity contribution < 1.29 is 22.7 Å². The number of hydrogen-bond donors (Lipinski definition) is 3. The molecule has 3 N–H and O–H groups in total. The third-order valence-corrected chi connectivity index (χ3v) is 12.1. The largest absolute Gasteiger partial charge is 0.383 e. The molecule has 2 saturated heterocycles. The molecular weight excluding hydrogens is 600 g/mol. The Labute approximate surface area is 270 Å². The fourth-order valence-electron chi connectivity index (χ4n) is 7.63. The molecule has 44 heavy (non-hydrogen) atoms. The Balaban J connectivity index is 1.51. The van der Waals surface area contributed by atoms with Crippen molar-refractivity contribution in [2.24, 2.45) is 11.8 Å². The average molecular weight is 655 g/mol. The van der Waals surface area contributed by atoms with Gasteiger partial charge in [-0.15, -0.1) is 0 Å². The van der Waals surface area contributed by atoms with Crippen molar-refractivity contribution in [3.8, 4) is 0 Å². The van der Waals surface area contributed by atoms with E-state index in [4.69, 9.17) is 21.1 Å². The van der Waals surface area contributed by atoms with Crippen molar-refractivity contribution in [3.05, 3.63) is 34.9 Å². The summed E-state index contributed by atoms with van der Waals surface area (Å²) in [4.78, 5) is 14.3. The van der Waals surface area contributed by atoms with Gasteiger partial charge in [0.1, 0.15) is 0 Å². The Morgan fingerprint density at radius 1 is 1.20 bits per heavy atom. The quantitative estimate of drug-likeness (QED) is 0.257. The van der Waals surface area contributed by atoms with Gasteiger partial charge in [-0.1, -0.05) is 30.2 Å². The molecule has 0 bridgehead atoms. The molecule has 250 valence electrons. The number of carbonyl (C=O) groups excluding carboxylic acids is 1. The highest BCUT2D eigenvalue weighted by Crippen LogP contribution is 2.41. The van der Waals surface area contributed by atoms with E-state index < -0.39 is 16.1 Å². The predicted octanol–water partition coefficient (Wildman–Crippen LogP) is 4.31. The van der Waals surface area contributed by atoms with Crippen molar-refractivity contribution in [2.75, 3.05) is 45.7 Å². The molecule has 4 rings (SSSR count). The maximum atomic E-state index is 14.3. The van der Waals surface area contributed by atoms with Gasteiger partial charge in [0.15, 0.2) is 0 Å². The number of ether oxygens (including phenoxy) is 2. The predicted molar refractivity (Wildman–Crippen MR) is 177 cm³/mol. The molecule has 7 atom stereocenters. The zero-order chi connectivity index (χ0) is 31.9. The van der Waals surface area contributed by atoms with Gasteiger partial charge in [-0.3, -0.25) is 4.79 Å². The van der Waals surface area contributed by atoms with Gasteiger partial charge in [-0.05, 0) is 95.8 Å². The number of hydrogen-bond acceptors (Lipinski definition) is 7. The molecule has 1 aromatic carbocycles. The first kappa shape index (κ1) is 35.6. The second-order valence-corrected chi connectivity index (χ2v) is 16.3. The summed E-state index contributed by atoms with van der Waals surface area (Å²) in [6, 6.07) is 7.65. The molecule has 9 nitrogen and oxygen atoms in total. The molecule has 1 aliphatic carbocycles. The third-order valence-electron chi connectivity index (χ3n) is 9.95. The number of benzene rings is 1. The molecule has 2 heterocycles. The standard InChI is InChI=1S/C33H55ClN4O5S/c1-6-44(40,41)38-22-23(2)36-21-28(38)15-12-24-8-7-9-29(24)37-32(39)31(35-17-19-42-5)30(25-10-13-27(34)14-11-25)26-16-18-43-33(3,4)20-26/h10-11,13-14,23-24,26,28-31,35-36H,6-9,12,15-22H2,1-5H3,(H,37,39)/t23-,24-,26?,28+,29+,30+,31+/m1/s1. The lowest BCUT2D eigenvalue weighted by atomic mass is 9.73. The van der Waals surface area contributed by atoms with Crippen LogP contribution in [0.25, 0.3) is 0 Å². The summed E-state index contributed by atoms with van der Waals surface area (Å²) >= 11 is 6.28. The minimum atomic E-state index is -3.27. The van der Waals surface area contributed by atoms with Gasteiger partial charge in [-0.25, -0.2) is 8.42 Å². The number of rotatable bonds is 14. The molecular formula is C33H55ClN4O5S. The Morgan fingerprint density at radius 3 is 2.64 bits per heavy atom. The normalized spacial score (nSPS) is 29.3. The first-order valence-electron chi connectivity index (χ1n) is 16.6. The van der Waals surface area contributed by atoms with Gasteiger partial charge in [-0.2, -0.15) is 4.31 Å². The summed E-state index contributed by atoms with van der Waals surface area (Å²) < 4.78 is 38.9. The van der Waals surface area contributed by atoms with Gasteiger partial charge in [0.05, 0.1) is 24.0 Å². The summed E-state index contributed by atoms with van der Waals surface area (Å²) in [5.41, 5.74) is 0.837. The van der Waals surface area contributed by atoms with Crippen LogP contribution in [0.15, 0.2) is 24.3 Å². The number of nitrogens with one attached hydrogen (secondary N) is 3. The Morgan fingerprint density at radius 2 is 1.95 bits per heavy atom. The molecule has 0 spiro atoms. The fourth-order valence-corrected chi connectivity index (χ4v) is 9.18. The van der Waals surface area contributed by atoms with E-state index in [2.05, 4.69) is 41.9 Å². The van der Waals surface area contributed by atoms with Crippen LogP contribution in [0.4, 0.5) is 0 Å². The number of nitrogens with zero attached hydrogens (tertiary/aromatic N) is 1. The number of methoxy groups -OCH3 is 1. The van der Waals surface area contributed by atoms with Crippen molar-refractivity contribution in [1.29, 1.82) is 0 Å². The molecule has 1 amide bonds. The first-order valence-corrected chi connectivity index (χ1v) is 18.6. The Bertz CT molecular complexity index is 1170. The maximum Gasteiger partial charge on any atom is 0.238 e. The van der Waals surface area contributed by atoms with Gasteiger partial charge in [0, 0.05) is 62.4 Å². The molecule has 3 fully saturated rings. The number of halogens is 1. The average Bonchev–Trinajstić information content (AvgIpc) is 3.43. The minimum Gasteiger partial charge on any atom is -0.383 e. The van der Waals surface area contributed by atoms with E-state index in [-0.39, 0.29) is 47.2 Å². The molecule has 1 unspecified atom stereocenters. The number of amides is 1. The highest BCUT2D eigenvalue weighted by molar-refractivity contribution is 7.89. The summed E-state index contributed by atoms with van der Waals surface area (Å²) in [5, 5.41) is 11.2. The van der Waals surface area contributed by atoms with Crippen LogP contribution in [0.3, 0.4) is 0 Å².